The molecule has 0 bridgehead atoms. The molecule has 2 rings (SSSR count). The van der Waals surface area contributed by atoms with Crippen LogP contribution in [-0.4, -0.2) is 37.0 Å². The summed E-state index contributed by atoms with van der Waals surface area (Å²) in [6, 6.07) is 5.13. The van der Waals surface area contributed by atoms with Crippen LogP contribution in [0.1, 0.15) is 24.8 Å². The van der Waals surface area contributed by atoms with Crippen LogP contribution in [0.5, 0.6) is 0 Å². The molecule has 1 saturated heterocycles. The number of halogens is 1. The summed E-state index contributed by atoms with van der Waals surface area (Å²) in [6.45, 7) is 2.16. The molecule has 20 heavy (non-hydrogen) atoms. The third-order valence-electron chi connectivity index (χ3n) is 3.53. The molecule has 1 aliphatic heterocycles. The highest BCUT2D eigenvalue weighted by molar-refractivity contribution is 9.10. The Kier molecular flexibility index (Phi) is 5.06. The third-order valence-corrected chi connectivity index (χ3v) is 5.60. The van der Waals surface area contributed by atoms with Crippen molar-refractivity contribution in [2.75, 3.05) is 17.9 Å². The minimum atomic E-state index is -3.63. The van der Waals surface area contributed by atoms with Crippen molar-refractivity contribution in [2.24, 2.45) is 0 Å². The molecule has 0 amide bonds. The molecule has 5 nitrogen and oxygen atoms in total. The molecule has 0 spiro atoms. The Morgan fingerprint density at radius 2 is 2.20 bits per heavy atom. The third kappa shape index (κ3) is 3.52. The van der Waals surface area contributed by atoms with Crippen molar-refractivity contribution in [3.05, 3.63) is 28.2 Å². The van der Waals surface area contributed by atoms with Crippen molar-refractivity contribution >= 4 is 31.8 Å². The number of benzene rings is 1. The van der Waals surface area contributed by atoms with Gasteiger partial charge >= 0.3 is 10.2 Å². The second-order valence-corrected chi connectivity index (χ2v) is 7.55. The first-order valence-electron chi connectivity index (χ1n) is 6.60. The van der Waals surface area contributed by atoms with Crippen LogP contribution in [0.15, 0.2) is 22.7 Å². The summed E-state index contributed by atoms with van der Waals surface area (Å²) in [5.41, 5.74) is 1.41. The maximum absolute atomic E-state index is 12.5. The van der Waals surface area contributed by atoms with Crippen LogP contribution < -0.4 is 4.72 Å². The summed E-state index contributed by atoms with van der Waals surface area (Å²) in [6.07, 6.45) is 2.48. The number of nitrogens with zero attached hydrogens (tertiary/aromatic N) is 1. The molecule has 0 aromatic heterocycles. The monoisotopic (exact) mass is 362 g/mol. The Bertz CT molecular complexity index is 577. The van der Waals surface area contributed by atoms with Gasteiger partial charge in [0, 0.05) is 17.1 Å². The molecule has 2 N–H and O–H groups in total. The number of piperidine rings is 1. The van der Waals surface area contributed by atoms with Gasteiger partial charge in [-0.3, -0.25) is 4.72 Å². The fraction of sp³-hybridized carbons (Fsp3) is 0.538. The van der Waals surface area contributed by atoms with Crippen LogP contribution in [0.3, 0.4) is 0 Å². The number of rotatable bonds is 4. The Balaban J connectivity index is 2.24. The van der Waals surface area contributed by atoms with Crippen LogP contribution in [0.2, 0.25) is 0 Å². The second kappa shape index (κ2) is 6.43. The average molecular weight is 363 g/mol. The van der Waals surface area contributed by atoms with Gasteiger partial charge in [0.25, 0.3) is 0 Å². The van der Waals surface area contributed by atoms with Gasteiger partial charge < -0.3 is 5.11 Å². The van der Waals surface area contributed by atoms with E-state index in [2.05, 4.69) is 20.7 Å². The normalized spacial score (nSPS) is 20.9. The molecule has 1 aromatic carbocycles. The summed E-state index contributed by atoms with van der Waals surface area (Å²) in [4.78, 5) is 0. The molecule has 112 valence electrons. The van der Waals surface area contributed by atoms with Gasteiger partial charge in [-0.15, -0.1) is 0 Å². The maximum Gasteiger partial charge on any atom is 0.301 e. The molecular weight excluding hydrogens is 344 g/mol. The minimum Gasteiger partial charge on any atom is -0.395 e. The van der Waals surface area contributed by atoms with E-state index in [1.807, 2.05) is 19.1 Å². The van der Waals surface area contributed by atoms with E-state index in [1.54, 1.807) is 6.07 Å². The molecule has 0 saturated carbocycles. The Morgan fingerprint density at radius 1 is 1.45 bits per heavy atom. The van der Waals surface area contributed by atoms with E-state index in [0.29, 0.717) is 18.7 Å². The summed E-state index contributed by atoms with van der Waals surface area (Å²) in [5.74, 6) is 0. The predicted octanol–water partition coefficient (Wildman–Crippen LogP) is 2.26. The van der Waals surface area contributed by atoms with E-state index in [9.17, 15) is 13.5 Å². The van der Waals surface area contributed by atoms with Gasteiger partial charge in [0.2, 0.25) is 0 Å². The quantitative estimate of drug-likeness (QED) is 0.862. The first-order valence-corrected chi connectivity index (χ1v) is 8.84. The first-order chi connectivity index (χ1) is 9.44. The van der Waals surface area contributed by atoms with Gasteiger partial charge in [0.1, 0.15) is 0 Å². The van der Waals surface area contributed by atoms with E-state index >= 15 is 0 Å². The van der Waals surface area contributed by atoms with Crippen molar-refractivity contribution in [2.45, 2.75) is 32.2 Å². The Hall–Kier alpha value is -0.630. The summed E-state index contributed by atoms with van der Waals surface area (Å²) in [5, 5.41) is 9.35. The smallest absolute Gasteiger partial charge is 0.301 e. The molecular formula is C13H19BrN2O3S. The van der Waals surface area contributed by atoms with Crippen molar-refractivity contribution in [1.29, 1.82) is 0 Å². The van der Waals surface area contributed by atoms with Gasteiger partial charge in [-0.05, 0) is 37.5 Å². The van der Waals surface area contributed by atoms with Crippen LogP contribution in [0.4, 0.5) is 5.69 Å². The zero-order chi connectivity index (χ0) is 14.8. The van der Waals surface area contributed by atoms with E-state index in [1.165, 1.54) is 4.31 Å². The fourth-order valence-electron chi connectivity index (χ4n) is 2.37. The highest BCUT2D eigenvalue weighted by atomic mass is 79.9. The molecule has 1 aliphatic rings. The lowest BCUT2D eigenvalue weighted by molar-refractivity contribution is 0.156. The zero-order valence-corrected chi connectivity index (χ0v) is 13.7. The minimum absolute atomic E-state index is 0.140. The number of aliphatic hydroxyl groups excluding tert-OH is 1. The molecule has 7 heteroatoms. The van der Waals surface area contributed by atoms with Crippen LogP contribution >= 0.6 is 15.9 Å². The fourth-order valence-corrected chi connectivity index (χ4v) is 4.28. The summed E-state index contributed by atoms with van der Waals surface area (Å²) < 4.78 is 29.8. The number of aliphatic hydroxyl groups is 1. The van der Waals surface area contributed by atoms with Crippen molar-refractivity contribution in [1.82, 2.24) is 4.31 Å². The first kappa shape index (κ1) is 15.8. The highest BCUT2D eigenvalue weighted by Crippen LogP contribution is 2.25. The summed E-state index contributed by atoms with van der Waals surface area (Å²) >= 11 is 3.34. The molecule has 1 fully saturated rings. The number of aryl methyl sites for hydroxylation is 1. The lowest BCUT2D eigenvalue weighted by atomic mass is 10.1. The van der Waals surface area contributed by atoms with Gasteiger partial charge in [0.05, 0.1) is 12.3 Å². The van der Waals surface area contributed by atoms with E-state index in [0.717, 1.165) is 22.9 Å². The number of hydrogen-bond donors (Lipinski definition) is 2. The van der Waals surface area contributed by atoms with Gasteiger partial charge in [0.15, 0.2) is 0 Å². The van der Waals surface area contributed by atoms with Crippen LogP contribution in [0.25, 0.3) is 0 Å². The molecule has 0 aliphatic carbocycles. The number of hydrogen-bond acceptors (Lipinski definition) is 3. The van der Waals surface area contributed by atoms with Crippen molar-refractivity contribution < 1.29 is 13.5 Å². The number of anilines is 1. The topological polar surface area (TPSA) is 69.6 Å². The van der Waals surface area contributed by atoms with Crippen molar-refractivity contribution in [3.8, 4) is 0 Å². The van der Waals surface area contributed by atoms with Crippen LogP contribution in [0, 0.1) is 6.92 Å². The molecule has 1 heterocycles. The SMILES string of the molecule is Cc1ccc(Br)cc1NS(=O)(=O)N1CCCCC1CO. The van der Waals surface area contributed by atoms with Gasteiger partial charge in [-0.25, -0.2) is 0 Å². The lowest BCUT2D eigenvalue weighted by Gasteiger charge is -2.33. The largest absolute Gasteiger partial charge is 0.395 e. The van der Waals surface area contributed by atoms with Crippen LogP contribution in [-0.2, 0) is 10.2 Å². The zero-order valence-electron chi connectivity index (χ0n) is 11.3. The molecule has 1 aromatic rings. The molecule has 0 radical (unpaired) electrons. The Morgan fingerprint density at radius 3 is 2.90 bits per heavy atom. The maximum atomic E-state index is 12.5. The summed E-state index contributed by atoms with van der Waals surface area (Å²) in [7, 11) is -3.63. The van der Waals surface area contributed by atoms with E-state index in [4.69, 9.17) is 0 Å². The highest BCUT2D eigenvalue weighted by Gasteiger charge is 2.32. The second-order valence-electron chi connectivity index (χ2n) is 5.01. The van der Waals surface area contributed by atoms with E-state index < -0.39 is 10.2 Å². The standard InChI is InChI=1S/C13H19BrN2O3S/c1-10-5-6-11(14)8-13(10)15-20(18,19)16-7-3-2-4-12(16)9-17/h5-6,8,12,15,17H,2-4,7,9H2,1H3. The molecule has 1 atom stereocenters. The number of nitrogens with one attached hydrogen (secondary N) is 1. The Labute approximate surface area is 128 Å². The average Bonchev–Trinajstić information content (AvgIpc) is 2.42. The molecule has 1 unspecified atom stereocenters. The van der Waals surface area contributed by atoms with E-state index in [-0.39, 0.29) is 12.6 Å². The lowest BCUT2D eigenvalue weighted by Crippen LogP contribution is -2.48. The van der Waals surface area contributed by atoms with Crippen molar-refractivity contribution in [3.63, 3.8) is 0 Å². The van der Waals surface area contributed by atoms with Gasteiger partial charge in [-0.2, -0.15) is 12.7 Å². The van der Waals surface area contributed by atoms with Gasteiger partial charge in [-0.1, -0.05) is 28.4 Å². The predicted molar refractivity (Wildman–Crippen MR) is 82.9 cm³/mol.